The summed E-state index contributed by atoms with van der Waals surface area (Å²) in [6.45, 7) is 0.999. The van der Waals surface area contributed by atoms with Gasteiger partial charge in [0.25, 0.3) is 0 Å². The van der Waals surface area contributed by atoms with E-state index in [-0.39, 0.29) is 0 Å². The summed E-state index contributed by atoms with van der Waals surface area (Å²) in [5.74, 6) is -2.59. The van der Waals surface area contributed by atoms with E-state index in [0.29, 0.717) is 5.92 Å². The molecule has 7 heteroatoms. The summed E-state index contributed by atoms with van der Waals surface area (Å²) in [5.41, 5.74) is 3.98. The molecular weight excluding hydrogens is 364 g/mol. The molecule has 2 N–H and O–H groups in total. The number of hydrogen-bond donors (Lipinski definition) is 2. The van der Waals surface area contributed by atoms with Gasteiger partial charge in [0.15, 0.2) is 0 Å². The van der Waals surface area contributed by atoms with Crippen molar-refractivity contribution < 1.29 is 19.8 Å². The minimum atomic E-state index is -2.19. The highest BCUT2D eigenvalue weighted by Crippen LogP contribution is 2.41. The van der Waals surface area contributed by atoms with Gasteiger partial charge < -0.3 is 30.1 Å². The van der Waals surface area contributed by atoms with E-state index < -0.39 is 11.9 Å². The molecule has 0 radical (unpaired) electrons. The number of nitrogens with one attached hydrogen (secondary N) is 2. The van der Waals surface area contributed by atoms with Crippen LogP contribution in [0.3, 0.4) is 0 Å². The number of hydrogen-bond acceptors (Lipinski definition) is 6. The number of fused-ring (bicyclic) bond motifs is 3. The molecule has 1 aliphatic rings. The summed E-state index contributed by atoms with van der Waals surface area (Å²) in [4.78, 5) is 21.4. The molecule has 1 atom stereocenters. The molecule has 27 heavy (non-hydrogen) atoms. The molecule has 0 amide bonds. The van der Waals surface area contributed by atoms with Crippen molar-refractivity contribution in [1.29, 1.82) is 0 Å². The van der Waals surface area contributed by atoms with Gasteiger partial charge in [0.05, 0.1) is 17.0 Å². The lowest BCUT2D eigenvalue weighted by Crippen LogP contribution is -2.42. The summed E-state index contributed by atoms with van der Waals surface area (Å²) in [6.07, 6.45) is 1.24. The first kappa shape index (κ1) is 18.8. The van der Waals surface area contributed by atoms with E-state index in [1.165, 1.54) is 39.4 Å². The number of para-hydroxylation sites is 2. The highest BCUT2D eigenvalue weighted by Gasteiger charge is 2.24. The van der Waals surface area contributed by atoms with Crippen molar-refractivity contribution in [2.45, 2.75) is 17.4 Å². The Balaban J connectivity index is 0.000000307. The SMILES string of the molecule is O=C([O-])C(=O)[O-].c1ccc(NCC2CCSc3[nH]c4ccccc4c32)cc1. The van der Waals surface area contributed by atoms with Crippen LogP contribution in [-0.2, 0) is 9.59 Å². The first-order chi connectivity index (χ1) is 13.1. The number of carboxylic acid groups (broad SMARTS) is 2. The van der Waals surface area contributed by atoms with E-state index >= 15 is 0 Å². The highest BCUT2D eigenvalue weighted by atomic mass is 32.2. The standard InChI is InChI=1S/C18H18N2S.C2H2O4/c1-2-6-14(7-3-1)19-12-13-10-11-21-18-17(13)15-8-4-5-9-16(15)20-18;3-1(4)2(5)6/h1-9,13,19-20H,10-12H2;(H,3,4)(H,5,6)/p-2. The largest absolute Gasteiger partial charge is 0.543 e. The van der Waals surface area contributed by atoms with Crippen LogP contribution in [0, 0.1) is 0 Å². The van der Waals surface area contributed by atoms with Crippen LogP contribution in [-0.4, -0.2) is 29.2 Å². The number of rotatable bonds is 3. The second kappa shape index (κ2) is 8.64. The molecule has 0 spiro atoms. The van der Waals surface area contributed by atoms with Crippen molar-refractivity contribution in [3.63, 3.8) is 0 Å². The Morgan fingerprint density at radius 1 is 1.04 bits per heavy atom. The first-order valence-corrected chi connectivity index (χ1v) is 9.49. The highest BCUT2D eigenvalue weighted by molar-refractivity contribution is 7.99. The number of aliphatic carboxylic acids is 2. The third-order valence-corrected chi connectivity index (χ3v) is 5.37. The van der Waals surface area contributed by atoms with E-state index in [4.69, 9.17) is 19.8 Å². The Morgan fingerprint density at radius 3 is 2.41 bits per heavy atom. The fourth-order valence-corrected chi connectivity index (χ4v) is 4.33. The molecule has 0 aliphatic carbocycles. The van der Waals surface area contributed by atoms with Crippen molar-refractivity contribution in [2.24, 2.45) is 0 Å². The van der Waals surface area contributed by atoms with Crippen LogP contribution in [0.25, 0.3) is 10.9 Å². The predicted molar refractivity (Wildman–Crippen MR) is 101 cm³/mol. The van der Waals surface area contributed by atoms with Crippen molar-refractivity contribution in [3.8, 4) is 0 Å². The van der Waals surface area contributed by atoms with Gasteiger partial charge in [-0.2, -0.15) is 0 Å². The molecule has 0 saturated heterocycles. The number of anilines is 1. The van der Waals surface area contributed by atoms with Gasteiger partial charge in [-0.1, -0.05) is 36.4 Å². The zero-order valence-corrected chi connectivity index (χ0v) is 15.3. The number of thioether (sulfide) groups is 1. The maximum absolute atomic E-state index is 8.93. The van der Waals surface area contributed by atoms with Gasteiger partial charge in [0.1, 0.15) is 0 Å². The van der Waals surface area contributed by atoms with E-state index in [1.54, 1.807) is 0 Å². The molecule has 6 nitrogen and oxygen atoms in total. The normalized spacial score (nSPS) is 15.3. The first-order valence-electron chi connectivity index (χ1n) is 8.51. The minimum absolute atomic E-state index is 0.581. The summed E-state index contributed by atoms with van der Waals surface area (Å²) in [7, 11) is 0. The van der Waals surface area contributed by atoms with Gasteiger partial charge in [-0.05, 0) is 30.2 Å². The van der Waals surface area contributed by atoms with Crippen LogP contribution in [0.4, 0.5) is 5.69 Å². The topological polar surface area (TPSA) is 108 Å². The number of aromatic amines is 1. The Bertz CT molecular complexity index is 928. The molecule has 2 heterocycles. The number of aromatic nitrogens is 1. The van der Waals surface area contributed by atoms with E-state index in [9.17, 15) is 0 Å². The van der Waals surface area contributed by atoms with Crippen LogP contribution >= 0.6 is 11.8 Å². The third-order valence-electron chi connectivity index (χ3n) is 4.32. The molecule has 140 valence electrons. The smallest absolute Gasteiger partial charge is 0.0870 e. The fourth-order valence-electron chi connectivity index (χ4n) is 3.11. The number of carbonyl (C=O) groups is 2. The Hall–Kier alpha value is -2.93. The lowest BCUT2D eigenvalue weighted by atomic mass is 9.95. The Morgan fingerprint density at radius 2 is 1.70 bits per heavy atom. The van der Waals surface area contributed by atoms with E-state index in [1.807, 2.05) is 11.8 Å². The zero-order valence-electron chi connectivity index (χ0n) is 14.4. The van der Waals surface area contributed by atoms with Crippen molar-refractivity contribution in [2.75, 3.05) is 17.6 Å². The molecule has 0 saturated carbocycles. The van der Waals surface area contributed by atoms with Crippen LogP contribution < -0.4 is 15.5 Å². The summed E-state index contributed by atoms with van der Waals surface area (Å²) in [5, 5.41) is 24.2. The second-order valence-corrected chi connectivity index (χ2v) is 7.17. The van der Waals surface area contributed by atoms with Crippen molar-refractivity contribution in [1.82, 2.24) is 4.98 Å². The maximum Gasteiger partial charge on any atom is 0.0870 e. The Kier molecular flexibility index (Phi) is 6.03. The van der Waals surface area contributed by atoms with Gasteiger partial charge in [-0.25, -0.2) is 0 Å². The van der Waals surface area contributed by atoms with Crippen LogP contribution in [0.2, 0.25) is 0 Å². The quantitative estimate of drug-likeness (QED) is 0.662. The number of carbonyl (C=O) groups excluding carboxylic acids is 2. The lowest BCUT2D eigenvalue weighted by Gasteiger charge is -2.23. The van der Waals surface area contributed by atoms with E-state index in [2.05, 4.69) is 64.9 Å². The van der Waals surface area contributed by atoms with Crippen molar-refractivity contribution >= 4 is 40.3 Å². The monoisotopic (exact) mass is 382 g/mol. The second-order valence-electron chi connectivity index (χ2n) is 6.07. The summed E-state index contributed by atoms with van der Waals surface area (Å²) >= 11 is 1.96. The molecule has 4 rings (SSSR count). The summed E-state index contributed by atoms with van der Waals surface area (Å²) < 4.78 is 0. The maximum atomic E-state index is 8.93. The molecule has 0 bridgehead atoms. The van der Waals surface area contributed by atoms with Gasteiger partial charge in [0.2, 0.25) is 0 Å². The average Bonchev–Trinajstić information content (AvgIpc) is 3.07. The minimum Gasteiger partial charge on any atom is -0.543 e. The van der Waals surface area contributed by atoms with Crippen LogP contribution in [0.5, 0.6) is 0 Å². The fraction of sp³-hybridized carbons (Fsp3) is 0.200. The summed E-state index contributed by atoms with van der Waals surface area (Å²) in [6, 6.07) is 19.1. The predicted octanol–water partition coefficient (Wildman–Crippen LogP) is 1.35. The molecular formula is C20H18N2O4S-2. The molecule has 1 aromatic heterocycles. The third kappa shape index (κ3) is 4.62. The van der Waals surface area contributed by atoms with Gasteiger partial charge >= 0.3 is 0 Å². The Labute approximate surface area is 160 Å². The molecule has 1 aliphatic heterocycles. The molecule has 2 aromatic carbocycles. The van der Waals surface area contributed by atoms with Crippen LogP contribution in [0.15, 0.2) is 59.6 Å². The van der Waals surface area contributed by atoms with E-state index in [0.717, 1.165) is 6.54 Å². The van der Waals surface area contributed by atoms with Gasteiger partial charge in [-0.3, -0.25) is 0 Å². The van der Waals surface area contributed by atoms with Gasteiger partial charge in [0, 0.05) is 34.8 Å². The number of carboxylic acids is 2. The van der Waals surface area contributed by atoms with Gasteiger partial charge in [-0.15, -0.1) is 11.8 Å². The molecule has 0 fully saturated rings. The van der Waals surface area contributed by atoms with Crippen molar-refractivity contribution in [3.05, 3.63) is 60.2 Å². The lowest BCUT2D eigenvalue weighted by molar-refractivity contribution is -0.345. The number of benzene rings is 2. The molecule has 1 unspecified atom stereocenters. The van der Waals surface area contributed by atoms with Crippen LogP contribution in [0.1, 0.15) is 17.9 Å². The zero-order chi connectivity index (χ0) is 19.2. The molecule has 3 aromatic rings. The average molecular weight is 382 g/mol. The number of H-pyrrole nitrogens is 1.